The monoisotopic (exact) mass is 524 g/mol. The Morgan fingerprint density at radius 2 is 1.76 bits per heavy atom. The Hall–Kier alpha value is -2.53. The van der Waals surface area contributed by atoms with E-state index in [1.54, 1.807) is 16.4 Å². The zero-order valence-electron chi connectivity index (χ0n) is 21.1. The maximum Gasteiger partial charge on any atom is 0.243 e. The molecule has 3 aromatic rings. The molecule has 0 atom stereocenters. The Morgan fingerprint density at radius 3 is 2.46 bits per heavy atom. The van der Waals surface area contributed by atoms with Crippen LogP contribution in [-0.2, 0) is 10.0 Å². The Morgan fingerprint density at radius 1 is 1.03 bits per heavy atom. The van der Waals surface area contributed by atoms with Gasteiger partial charge in [0, 0.05) is 62.1 Å². The average molecular weight is 525 g/mol. The van der Waals surface area contributed by atoms with Crippen molar-refractivity contribution in [3.05, 3.63) is 36.7 Å². The molecule has 37 heavy (non-hydrogen) atoms. The molecule has 198 valence electrons. The van der Waals surface area contributed by atoms with Crippen LogP contribution in [-0.4, -0.2) is 71.2 Å². The molecule has 0 amide bonds. The smallest absolute Gasteiger partial charge is 0.243 e. The maximum atomic E-state index is 13.1. The van der Waals surface area contributed by atoms with E-state index in [-0.39, 0.29) is 12.1 Å². The summed E-state index contributed by atoms with van der Waals surface area (Å²) in [5, 5.41) is 17.6. The molecule has 3 N–H and O–H groups in total. The van der Waals surface area contributed by atoms with E-state index in [1.165, 1.54) is 12.8 Å². The van der Waals surface area contributed by atoms with E-state index >= 15 is 0 Å². The van der Waals surface area contributed by atoms with Gasteiger partial charge in [0.15, 0.2) is 0 Å². The molecule has 10 heteroatoms. The van der Waals surface area contributed by atoms with Crippen molar-refractivity contribution in [1.82, 2.24) is 24.2 Å². The van der Waals surface area contributed by atoms with Crippen molar-refractivity contribution in [2.45, 2.75) is 62.0 Å². The number of sulfonamides is 1. The van der Waals surface area contributed by atoms with Crippen LogP contribution in [0.3, 0.4) is 0 Å². The molecule has 3 aliphatic rings. The number of benzene rings is 1. The zero-order valence-corrected chi connectivity index (χ0v) is 22.0. The van der Waals surface area contributed by atoms with Gasteiger partial charge in [0.05, 0.1) is 11.0 Å². The number of fused-ring (bicyclic) bond motifs is 1. The maximum absolute atomic E-state index is 13.1. The molecule has 0 radical (unpaired) electrons. The lowest BCUT2D eigenvalue weighted by Gasteiger charge is -2.27. The minimum Gasteiger partial charge on any atom is -0.393 e. The Bertz CT molecular complexity index is 1340. The van der Waals surface area contributed by atoms with Gasteiger partial charge in [0.2, 0.25) is 16.0 Å². The molecule has 0 unspecified atom stereocenters. The number of anilines is 1. The fraction of sp³-hybridized carbons (Fsp3) is 0.556. The minimum absolute atomic E-state index is 0.225. The molecule has 6 rings (SSSR count). The van der Waals surface area contributed by atoms with Gasteiger partial charge < -0.3 is 20.3 Å². The molecule has 1 aliphatic heterocycles. The molecular formula is C27H36N6O3S. The summed E-state index contributed by atoms with van der Waals surface area (Å²) in [5.41, 5.74) is 2.83. The second-order valence-electron chi connectivity index (χ2n) is 10.7. The van der Waals surface area contributed by atoms with E-state index in [9.17, 15) is 13.5 Å². The van der Waals surface area contributed by atoms with Crippen molar-refractivity contribution in [1.29, 1.82) is 0 Å². The summed E-state index contributed by atoms with van der Waals surface area (Å²) in [4.78, 5) is 9.86. The van der Waals surface area contributed by atoms with Gasteiger partial charge in [-0.05, 0) is 55.7 Å². The second-order valence-corrected chi connectivity index (χ2v) is 12.6. The fourth-order valence-corrected chi connectivity index (χ4v) is 7.04. The van der Waals surface area contributed by atoms with E-state index < -0.39 is 10.0 Å². The first kappa shape index (κ1) is 24.8. The van der Waals surface area contributed by atoms with Gasteiger partial charge in [0.1, 0.15) is 5.65 Å². The van der Waals surface area contributed by atoms with Gasteiger partial charge in [-0.25, -0.2) is 13.4 Å². The molecular weight excluding hydrogens is 488 g/mol. The van der Waals surface area contributed by atoms with Crippen molar-refractivity contribution in [2.24, 2.45) is 5.92 Å². The Kier molecular flexibility index (Phi) is 6.91. The highest BCUT2D eigenvalue weighted by atomic mass is 32.2. The van der Waals surface area contributed by atoms with E-state index in [0.717, 1.165) is 66.7 Å². The molecule has 1 saturated heterocycles. The quantitative estimate of drug-likeness (QED) is 0.414. The third kappa shape index (κ3) is 5.25. The van der Waals surface area contributed by atoms with Crippen molar-refractivity contribution >= 4 is 27.0 Å². The van der Waals surface area contributed by atoms with E-state index in [2.05, 4.69) is 26.4 Å². The predicted molar refractivity (Wildman–Crippen MR) is 144 cm³/mol. The van der Waals surface area contributed by atoms with Crippen LogP contribution in [0.25, 0.3) is 22.2 Å². The van der Waals surface area contributed by atoms with E-state index in [4.69, 9.17) is 4.98 Å². The van der Waals surface area contributed by atoms with Gasteiger partial charge in [0.25, 0.3) is 0 Å². The SMILES string of the molecule is O=S(=O)(c1ccc(-c2cn(C3CCC(O)CC3)c3nc(NCCC4CC4)ncc23)cc1)N1CCNCC1. The van der Waals surface area contributed by atoms with Gasteiger partial charge in [-0.3, -0.25) is 0 Å². The summed E-state index contributed by atoms with van der Waals surface area (Å²) in [5.74, 6) is 1.49. The topological polar surface area (TPSA) is 112 Å². The van der Waals surface area contributed by atoms with Crippen LogP contribution in [0.2, 0.25) is 0 Å². The molecule has 1 aromatic carbocycles. The zero-order chi connectivity index (χ0) is 25.4. The number of aliphatic hydroxyl groups excluding tert-OH is 1. The second kappa shape index (κ2) is 10.3. The minimum atomic E-state index is -3.51. The number of hydrogen-bond acceptors (Lipinski definition) is 7. The number of nitrogens with zero attached hydrogens (tertiary/aromatic N) is 4. The highest BCUT2D eigenvalue weighted by Crippen LogP contribution is 2.37. The molecule has 2 aromatic heterocycles. The molecule has 3 heterocycles. The summed E-state index contributed by atoms with van der Waals surface area (Å²) >= 11 is 0. The van der Waals surface area contributed by atoms with Gasteiger partial charge in [-0.15, -0.1) is 0 Å². The van der Waals surface area contributed by atoms with Gasteiger partial charge in [-0.2, -0.15) is 9.29 Å². The summed E-state index contributed by atoms with van der Waals surface area (Å²) < 4.78 is 30.0. The third-order valence-corrected chi connectivity index (χ3v) is 9.96. The van der Waals surface area contributed by atoms with E-state index in [0.29, 0.717) is 37.0 Å². The number of aromatic nitrogens is 3. The number of piperazine rings is 1. The van der Waals surface area contributed by atoms with Crippen LogP contribution >= 0.6 is 0 Å². The fourth-order valence-electron chi connectivity index (χ4n) is 5.59. The first-order valence-corrected chi connectivity index (χ1v) is 15.0. The number of nitrogens with one attached hydrogen (secondary N) is 2. The molecule has 0 bridgehead atoms. The summed E-state index contributed by atoms with van der Waals surface area (Å²) in [6, 6.07) is 7.46. The lowest BCUT2D eigenvalue weighted by molar-refractivity contribution is 0.111. The van der Waals surface area contributed by atoms with Crippen LogP contribution in [0, 0.1) is 5.92 Å². The first-order chi connectivity index (χ1) is 18.0. The summed E-state index contributed by atoms with van der Waals surface area (Å²) in [6.45, 7) is 3.20. The van der Waals surface area contributed by atoms with Crippen molar-refractivity contribution < 1.29 is 13.5 Å². The normalized spacial score (nSPS) is 23.4. The summed E-state index contributed by atoms with van der Waals surface area (Å²) in [6.07, 6.45) is 11.0. The van der Waals surface area contributed by atoms with Crippen LogP contribution in [0.5, 0.6) is 0 Å². The van der Waals surface area contributed by atoms with Gasteiger partial charge >= 0.3 is 0 Å². The predicted octanol–water partition coefficient (Wildman–Crippen LogP) is 3.38. The van der Waals surface area contributed by atoms with Crippen molar-refractivity contribution in [3.63, 3.8) is 0 Å². The van der Waals surface area contributed by atoms with Crippen LogP contribution in [0.1, 0.15) is 51.0 Å². The Labute approximate surface area is 218 Å². The highest BCUT2D eigenvalue weighted by Gasteiger charge is 2.27. The molecule has 0 spiro atoms. The molecule has 2 saturated carbocycles. The van der Waals surface area contributed by atoms with Crippen molar-refractivity contribution in [3.8, 4) is 11.1 Å². The largest absolute Gasteiger partial charge is 0.393 e. The number of rotatable bonds is 8. The lowest BCUT2D eigenvalue weighted by atomic mass is 9.93. The van der Waals surface area contributed by atoms with Gasteiger partial charge in [-0.1, -0.05) is 25.0 Å². The lowest BCUT2D eigenvalue weighted by Crippen LogP contribution is -2.46. The van der Waals surface area contributed by atoms with Crippen molar-refractivity contribution in [2.75, 3.05) is 38.0 Å². The van der Waals surface area contributed by atoms with Crippen LogP contribution in [0.15, 0.2) is 41.6 Å². The molecule has 3 fully saturated rings. The summed E-state index contributed by atoms with van der Waals surface area (Å²) in [7, 11) is -3.51. The Balaban J connectivity index is 1.32. The number of hydrogen-bond donors (Lipinski definition) is 3. The van der Waals surface area contributed by atoms with Crippen LogP contribution < -0.4 is 10.6 Å². The average Bonchev–Trinajstić information content (AvgIpc) is 3.68. The molecule has 2 aliphatic carbocycles. The standard InChI is InChI=1S/C27H36N6O3S/c34-22-7-5-21(6-8-22)33-18-25(24-17-30-27(31-26(24)33)29-12-11-19-1-2-19)20-3-9-23(10-4-20)37(35,36)32-15-13-28-14-16-32/h3-4,9-10,17-19,21-22,28,34H,1-2,5-8,11-16H2,(H,29,30,31). The highest BCUT2D eigenvalue weighted by molar-refractivity contribution is 7.89. The third-order valence-electron chi connectivity index (χ3n) is 8.04. The molecule has 9 nitrogen and oxygen atoms in total. The van der Waals surface area contributed by atoms with E-state index in [1.807, 2.05) is 18.3 Å². The first-order valence-electron chi connectivity index (χ1n) is 13.6. The van der Waals surface area contributed by atoms with Crippen LogP contribution in [0.4, 0.5) is 5.95 Å². The number of aliphatic hydroxyl groups is 1.